The van der Waals surface area contributed by atoms with Gasteiger partial charge in [-0.2, -0.15) is 5.26 Å². The van der Waals surface area contributed by atoms with E-state index in [4.69, 9.17) is 5.26 Å². The molecule has 0 saturated heterocycles. The van der Waals surface area contributed by atoms with Crippen molar-refractivity contribution in [2.75, 3.05) is 6.54 Å². The third-order valence-electron chi connectivity index (χ3n) is 4.35. The molecule has 0 aliphatic heterocycles. The first-order chi connectivity index (χ1) is 13.6. The number of fused-ring (bicyclic) bond motifs is 1. The Morgan fingerprint density at radius 3 is 2.64 bits per heavy atom. The van der Waals surface area contributed by atoms with Gasteiger partial charge in [-0.3, -0.25) is 9.59 Å². The summed E-state index contributed by atoms with van der Waals surface area (Å²) in [5, 5.41) is 11.8. The third kappa shape index (κ3) is 5.73. The average Bonchev–Trinajstić information content (AvgIpc) is 3.11. The van der Waals surface area contributed by atoms with Crippen LogP contribution in [0.25, 0.3) is 10.2 Å². The number of hydrogen-bond acceptors (Lipinski definition) is 5. The molecule has 0 bridgehead atoms. The van der Waals surface area contributed by atoms with Gasteiger partial charge in [-0.15, -0.1) is 11.3 Å². The summed E-state index contributed by atoms with van der Waals surface area (Å²) >= 11 is 1.50. The SMILES string of the molecule is N#CCCC(=O)CNC(=O)Cc1nc2cc(CCc3ccccc3)ccc2s1. The van der Waals surface area contributed by atoms with Crippen molar-refractivity contribution in [1.82, 2.24) is 10.3 Å². The predicted molar refractivity (Wildman–Crippen MR) is 110 cm³/mol. The fourth-order valence-corrected chi connectivity index (χ4v) is 3.81. The molecule has 0 aliphatic carbocycles. The minimum absolute atomic E-state index is 0.0327. The molecular weight excluding hydrogens is 370 g/mol. The molecule has 5 nitrogen and oxygen atoms in total. The van der Waals surface area contributed by atoms with Crippen LogP contribution >= 0.6 is 11.3 Å². The Bertz CT molecular complexity index is 1010. The van der Waals surface area contributed by atoms with Crippen molar-refractivity contribution in [2.45, 2.75) is 32.1 Å². The summed E-state index contributed by atoms with van der Waals surface area (Å²) in [5.41, 5.74) is 3.44. The van der Waals surface area contributed by atoms with Crippen LogP contribution in [0.4, 0.5) is 0 Å². The van der Waals surface area contributed by atoms with Gasteiger partial charge in [-0.05, 0) is 36.1 Å². The van der Waals surface area contributed by atoms with Gasteiger partial charge in [-0.25, -0.2) is 4.98 Å². The standard InChI is InChI=1S/C22H21N3O2S/c23-12-4-7-18(26)15-24-21(27)14-22-25-19-13-17(10-11-20(19)28-22)9-8-16-5-2-1-3-6-16/h1-3,5-6,10-11,13H,4,7-9,14-15H2,(H,24,27). The van der Waals surface area contributed by atoms with Gasteiger partial charge in [0, 0.05) is 12.8 Å². The van der Waals surface area contributed by atoms with Crippen LogP contribution in [0, 0.1) is 11.3 Å². The zero-order valence-electron chi connectivity index (χ0n) is 15.5. The zero-order valence-corrected chi connectivity index (χ0v) is 16.3. The van der Waals surface area contributed by atoms with Crippen molar-refractivity contribution >= 4 is 33.2 Å². The first kappa shape index (κ1) is 19.7. The molecule has 28 heavy (non-hydrogen) atoms. The second-order valence-electron chi connectivity index (χ2n) is 6.55. The molecule has 1 N–H and O–H groups in total. The Morgan fingerprint density at radius 1 is 1.07 bits per heavy atom. The Hall–Kier alpha value is -3.04. The number of Topliss-reactive ketones (excluding diaryl/α,β-unsaturated/α-hetero) is 1. The Kier molecular flexibility index (Phi) is 6.88. The number of nitrogens with one attached hydrogen (secondary N) is 1. The van der Waals surface area contributed by atoms with Gasteiger partial charge in [0.1, 0.15) is 5.01 Å². The van der Waals surface area contributed by atoms with Gasteiger partial charge in [0.25, 0.3) is 0 Å². The monoisotopic (exact) mass is 391 g/mol. The fraction of sp³-hybridized carbons (Fsp3) is 0.273. The molecule has 0 radical (unpaired) electrons. The second-order valence-corrected chi connectivity index (χ2v) is 7.66. The summed E-state index contributed by atoms with van der Waals surface area (Å²) in [5.74, 6) is -0.365. The van der Waals surface area contributed by atoms with E-state index in [-0.39, 0.29) is 37.5 Å². The topological polar surface area (TPSA) is 82.9 Å². The lowest BCUT2D eigenvalue weighted by atomic mass is 10.0. The number of carbonyl (C=O) groups is 2. The van der Waals surface area contributed by atoms with Gasteiger partial charge in [-0.1, -0.05) is 36.4 Å². The first-order valence-electron chi connectivity index (χ1n) is 9.21. The van der Waals surface area contributed by atoms with Crippen LogP contribution in [0.3, 0.4) is 0 Å². The normalized spacial score (nSPS) is 10.5. The summed E-state index contributed by atoms with van der Waals surface area (Å²) in [4.78, 5) is 28.1. The number of aromatic nitrogens is 1. The third-order valence-corrected chi connectivity index (χ3v) is 5.39. The van der Waals surface area contributed by atoms with E-state index in [9.17, 15) is 9.59 Å². The molecule has 6 heteroatoms. The van der Waals surface area contributed by atoms with E-state index in [1.165, 1.54) is 22.5 Å². The smallest absolute Gasteiger partial charge is 0.227 e. The molecule has 3 aromatic rings. The molecule has 1 amide bonds. The highest BCUT2D eigenvalue weighted by atomic mass is 32.1. The summed E-state index contributed by atoms with van der Waals surface area (Å²) in [6.07, 6.45) is 2.43. The lowest BCUT2D eigenvalue weighted by Crippen LogP contribution is -2.30. The van der Waals surface area contributed by atoms with E-state index in [1.54, 1.807) is 0 Å². The van der Waals surface area contributed by atoms with E-state index in [2.05, 4.69) is 40.6 Å². The average molecular weight is 391 g/mol. The number of benzene rings is 2. The number of nitriles is 1. The molecule has 0 saturated carbocycles. The highest BCUT2D eigenvalue weighted by Crippen LogP contribution is 2.24. The van der Waals surface area contributed by atoms with Crippen LogP contribution in [0.15, 0.2) is 48.5 Å². The van der Waals surface area contributed by atoms with Gasteiger partial charge in [0.15, 0.2) is 5.78 Å². The summed E-state index contributed by atoms with van der Waals surface area (Å²) < 4.78 is 1.05. The minimum atomic E-state index is -0.228. The van der Waals surface area contributed by atoms with Gasteiger partial charge in [0.2, 0.25) is 5.91 Å². The van der Waals surface area contributed by atoms with Crippen molar-refractivity contribution < 1.29 is 9.59 Å². The predicted octanol–water partition coefficient (Wildman–Crippen LogP) is 3.61. The number of hydrogen-bond donors (Lipinski definition) is 1. The van der Waals surface area contributed by atoms with Crippen LogP contribution in [0.5, 0.6) is 0 Å². The molecule has 0 fully saturated rings. The highest BCUT2D eigenvalue weighted by Gasteiger charge is 2.11. The highest BCUT2D eigenvalue weighted by molar-refractivity contribution is 7.18. The molecule has 142 valence electrons. The van der Waals surface area contributed by atoms with Crippen molar-refractivity contribution in [3.05, 3.63) is 64.7 Å². The Labute approximate surface area is 168 Å². The van der Waals surface area contributed by atoms with E-state index in [1.807, 2.05) is 24.3 Å². The fourth-order valence-electron chi connectivity index (χ4n) is 2.87. The zero-order chi connectivity index (χ0) is 19.8. The van der Waals surface area contributed by atoms with Crippen LogP contribution in [-0.2, 0) is 28.9 Å². The molecule has 0 aliphatic rings. The maximum Gasteiger partial charge on any atom is 0.227 e. The van der Waals surface area contributed by atoms with E-state index in [0.29, 0.717) is 0 Å². The maximum absolute atomic E-state index is 12.0. The minimum Gasteiger partial charge on any atom is -0.349 e. The van der Waals surface area contributed by atoms with Crippen molar-refractivity contribution in [2.24, 2.45) is 0 Å². The van der Waals surface area contributed by atoms with E-state index >= 15 is 0 Å². The number of thiazole rings is 1. The molecule has 0 unspecified atom stereocenters. The molecule has 1 heterocycles. The number of aryl methyl sites for hydroxylation is 2. The van der Waals surface area contributed by atoms with Crippen molar-refractivity contribution in [1.29, 1.82) is 5.26 Å². The summed E-state index contributed by atoms with van der Waals surface area (Å²) in [6.45, 7) is -0.0327. The molecule has 0 atom stereocenters. The first-order valence-corrected chi connectivity index (χ1v) is 10.0. The lowest BCUT2D eigenvalue weighted by molar-refractivity contribution is -0.124. The number of amides is 1. The van der Waals surface area contributed by atoms with Crippen LogP contribution in [0.2, 0.25) is 0 Å². The number of ketones is 1. The quantitative estimate of drug-likeness (QED) is 0.604. The summed E-state index contributed by atoms with van der Waals surface area (Å²) in [7, 11) is 0. The maximum atomic E-state index is 12.0. The molecule has 0 spiro atoms. The van der Waals surface area contributed by atoms with Crippen LogP contribution < -0.4 is 5.32 Å². The lowest BCUT2D eigenvalue weighted by Gasteiger charge is -2.02. The van der Waals surface area contributed by atoms with E-state index in [0.717, 1.165) is 28.1 Å². The molecule has 3 rings (SSSR count). The summed E-state index contributed by atoms with van der Waals surface area (Å²) in [6, 6.07) is 18.5. The van der Waals surface area contributed by atoms with E-state index < -0.39 is 0 Å². The number of rotatable bonds is 9. The Balaban J connectivity index is 1.55. The van der Waals surface area contributed by atoms with Crippen LogP contribution in [-0.4, -0.2) is 23.2 Å². The largest absolute Gasteiger partial charge is 0.349 e. The molecule has 2 aromatic carbocycles. The van der Waals surface area contributed by atoms with Crippen molar-refractivity contribution in [3.8, 4) is 6.07 Å². The number of nitrogens with zero attached hydrogens (tertiary/aromatic N) is 2. The van der Waals surface area contributed by atoms with Gasteiger partial charge >= 0.3 is 0 Å². The number of carbonyl (C=O) groups excluding carboxylic acids is 2. The Morgan fingerprint density at radius 2 is 1.86 bits per heavy atom. The van der Waals surface area contributed by atoms with Gasteiger partial charge < -0.3 is 5.32 Å². The van der Waals surface area contributed by atoms with Gasteiger partial charge in [0.05, 0.1) is 29.3 Å². The molecule has 1 aromatic heterocycles. The van der Waals surface area contributed by atoms with Crippen LogP contribution in [0.1, 0.15) is 29.0 Å². The molecular formula is C22H21N3O2S. The second kappa shape index (κ2) is 9.77. The van der Waals surface area contributed by atoms with Crippen molar-refractivity contribution in [3.63, 3.8) is 0 Å².